The average Bonchev–Trinajstić information content (AvgIpc) is 2.86. The zero-order valence-corrected chi connectivity index (χ0v) is 15.0. The van der Waals surface area contributed by atoms with Gasteiger partial charge in [-0.2, -0.15) is 0 Å². The Kier molecular flexibility index (Phi) is 4.74. The van der Waals surface area contributed by atoms with Crippen LogP contribution in [0.3, 0.4) is 0 Å². The molecule has 4 rings (SSSR count). The molecule has 0 unspecified atom stereocenters. The van der Waals surface area contributed by atoms with E-state index in [0.29, 0.717) is 24.0 Å². The maximum atomic E-state index is 14.3. The van der Waals surface area contributed by atoms with E-state index in [1.807, 2.05) is 4.90 Å². The van der Waals surface area contributed by atoms with Gasteiger partial charge in [-0.15, -0.1) is 0 Å². The highest BCUT2D eigenvalue weighted by Gasteiger charge is 2.23. The van der Waals surface area contributed by atoms with E-state index in [1.165, 1.54) is 18.2 Å². The first-order valence-electron chi connectivity index (χ1n) is 8.97. The molecule has 28 heavy (non-hydrogen) atoms. The van der Waals surface area contributed by atoms with Crippen molar-refractivity contribution < 1.29 is 18.4 Å². The number of hydrogen-bond acceptors (Lipinski definition) is 3. The molecular weight excluding hydrogens is 360 g/mol. The summed E-state index contributed by atoms with van der Waals surface area (Å²) in [6.07, 6.45) is 2.87. The van der Waals surface area contributed by atoms with Gasteiger partial charge in [0.05, 0.1) is 6.54 Å². The van der Waals surface area contributed by atoms with Crippen molar-refractivity contribution in [2.45, 2.75) is 19.4 Å². The molecule has 0 radical (unpaired) electrons. The molecule has 3 aromatic rings. The fourth-order valence-electron chi connectivity index (χ4n) is 3.70. The van der Waals surface area contributed by atoms with Crippen molar-refractivity contribution in [3.8, 4) is 0 Å². The Morgan fingerprint density at radius 1 is 0.786 bits per heavy atom. The fourth-order valence-corrected chi connectivity index (χ4v) is 3.70. The lowest BCUT2D eigenvalue weighted by Crippen LogP contribution is -2.20. The van der Waals surface area contributed by atoms with Crippen LogP contribution in [0.15, 0.2) is 54.6 Å². The molecule has 140 valence electrons. The fraction of sp³-hybridized carbons (Fsp3) is 0.130. The summed E-state index contributed by atoms with van der Waals surface area (Å²) in [4.78, 5) is 24.2. The Bertz CT molecular complexity index is 998. The minimum atomic E-state index is -0.610. The number of benzene rings is 3. The number of anilines is 2. The topological polar surface area (TPSA) is 37.4 Å². The third kappa shape index (κ3) is 3.20. The smallest absolute Gasteiger partial charge is 0.150 e. The predicted molar refractivity (Wildman–Crippen MR) is 103 cm³/mol. The van der Waals surface area contributed by atoms with Crippen LogP contribution < -0.4 is 4.90 Å². The van der Waals surface area contributed by atoms with Gasteiger partial charge >= 0.3 is 0 Å². The molecule has 1 heterocycles. The summed E-state index contributed by atoms with van der Waals surface area (Å²) in [6, 6.07) is 14.4. The summed E-state index contributed by atoms with van der Waals surface area (Å²) in [7, 11) is 0. The lowest BCUT2D eigenvalue weighted by molar-refractivity contribution is 0.111. The molecule has 0 aliphatic carbocycles. The van der Waals surface area contributed by atoms with Gasteiger partial charge in [-0.05, 0) is 72.5 Å². The van der Waals surface area contributed by atoms with Gasteiger partial charge in [0.1, 0.15) is 24.2 Å². The quantitative estimate of drug-likeness (QED) is 0.599. The molecule has 0 aromatic heterocycles. The summed E-state index contributed by atoms with van der Waals surface area (Å²) in [5.74, 6) is -1.22. The van der Waals surface area contributed by atoms with Gasteiger partial charge in [0.15, 0.2) is 0 Å². The largest absolute Gasteiger partial charge is 0.336 e. The number of carbonyl (C=O) groups excluding carboxylic acids is 2. The van der Waals surface area contributed by atoms with Crippen molar-refractivity contribution in [2.24, 2.45) is 0 Å². The summed E-state index contributed by atoms with van der Waals surface area (Å²) in [5, 5.41) is 0. The predicted octanol–water partition coefficient (Wildman–Crippen LogP) is 5.03. The molecular formula is C23H17F2NO2. The van der Waals surface area contributed by atoms with Crippen LogP contribution in [0, 0.1) is 11.6 Å². The molecule has 0 saturated heterocycles. The van der Waals surface area contributed by atoms with Crippen LogP contribution >= 0.6 is 0 Å². The number of nitrogens with zero attached hydrogens (tertiary/aromatic N) is 1. The second-order valence-electron chi connectivity index (χ2n) is 6.80. The summed E-state index contributed by atoms with van der Waals surface area (Å²) in [6.45, 7) is -0.000616. The number of aldehydes is 2. The molecule has 0 fully saturated rings. The van der Waals surface area contributed by atoms with E-state index in [1.54, 1.807) is 36.4 Å². The van der Waals surface area contributed by atoms with Crippen LogP contribution in [0.4, 0.5) is 20.2 Å². The summed E-state index contributed by atoms with van der Waals surface area (Å²) in [5.41, 5.74) is 4.51. The first kappa shape index (κ1) is 18.0. The van der Waals surface area contributed by atoms with E-state index in [0.717, 1.165) is 35.1 Å². The lowest BCUT2D eigenvalue weighted by atomic mass is 10.0. The average molecular weight is 377 g/mol. The van der Waals surface area contributed by atoms with Gasteiger partial charge in [-0.1, -0.05) is 6.07 Å². The van der Waals surface area contributed by atoms with Crippen molar-refractivity contribution in [3.05, 3.63) is 94.0 Å². The lowest BCUT2D eigenvalue weighted by Gasteiger charge is -2.27. The van der Waals surface area contributed by atoms with E-state index < -0.39 is 11.6 Å². The van der Waals surface area contributed by atoms with Crippen LogP contribution in [-0.4, -0.2) is 12.6 Å². The van der Waals surface area contributed by atoms with Crippen molar-refractivity contribution in [1.82, 2.24) is 0 Å². The van der Waals surface area contributed by atoms with Crippen molar-refractivity contribution >= 4 is 23.9 Å². The van der Waals surface area contributed by atoms with E-state index >= 15 is 0 Å². The van der Waals surface area contributed by atoms with Gasteiger partial charge in [0.2, 0.25) is 0 Å². The number of fused-ring (bicyclic) bond motifs is 2. The Morgan fingerprint density at radius 3 is 1.75 bits per heavy atom. The Balaban J connectivity index is 1.89. The Hall–Kier alpha value is -3.34. The van der Waals surface area contributed by atoms with Gasteiger partial charge in [-0.3, -0.25) is 9.59 Å². The molecule has 1 aliphatic rings. The molecule has 1 aliphatic heterocycles. The molecule has 0 amide bonds. The number of halogens is 2. The molecule has 0 atom stereocenters. The third-order valence-electron chi connectivity index (χ3n) is 5.10. The monoisotopic (exact) mass is 377 g/mol. The number of aryl methyl sites for hydroxylation is 2. The molecule has 3 aromatic carbocycles. The van der Waals surface area contributed by atoms with Crippen molar-refractivity contribution in [2.75, 3.05) is 4.90 Å². The van der Waals surface area contributed by atoms with E-state index in [4.69, 9.17) is 0 Å². The highest BCUT2D eigenvalue weighted by Crippen LogP contribution is 2.38. The molecule has 0 N–H and O–H groups in total. The number of carbonyl (C=O) groups is 2. The SMILES string of the molecule is O=Cc1ccc2c(c1)CCc1cc(C=O)ccc1N2Cc1c(F)cccc1F. The summed E-state index contributed by atoms with van der Waals surface area (Å²) < 4.78 is 28.7. The molecule has 5 heteroatoms. The van der Waals surface area contributed by atoms with E-state index in [2.05, 4.69) is 0 Å². The second-order valence-corrected chi connectivity index (χ2v) is 6.80. The normalized spacial score (nSPS) is 12.7. The van der Waals surface area contributed by atoms with E-state index in [-0.39, 0.29) is 12.1 Å². The highest BCUT2D eigenvalue weighted by atomic mass is 19.1. The maximum absolute atomic E-state index is 14.3. The van der Waals surface area contributed by atoms with Crippen LogP contribution in [0.1, 0.15) is 37.4 Å². The zero-order valence-electron chi connectivity index (χ0n) is 15.0. The Labute approximate surface area is 161 Å². The second kappa shape index (κ2) is 7.35. The van der Waals surface area contributed by atoms with Gasteiger partial charge in [0.25, 0.3) is 0 Å². The maximum Gasteiger partial charge on any atom is 0.150 e. The van der Waals surface area contributed by atoms with Crippen LogP contribution in [-0.2, 0) is 19.4 Å². The first-order chi connectivity index (χ1) is 13.6. The highest BCUT2D eigenvalue weighted by molar-refractivity contribution is 5.81. The standard InChI is InChI=1S/C23H17F2NO2/c24-20-2-1-3-21(25)19(20)12-26-22-8-4-15(13-27)10-17(22)6-7-18-11-16(14-28)5-9-23(18)26/h1-5,8-11,13-14H,6-7,12H2. The number of rotatable bonds is 4. The van der Waals surface area contributed by atoms with Crippen LogP contribution in [0.25, 0.3) is 0 Å². The van der Waals surface area contributed by atoms with Gasteiger partial charge in [-0.25, -0.2) is 8.78 Å². The van der Waals surface area contributed by atoms with Crippen molar-refractivity contribution in [1.29, 1.82) is 0 Å². The van der Waals surface area contributed by atoms with Crippen LogP contribution in [0.5, 0.6) is 0 Å². The molecule has 3 nitrogen and oxygen atoms in total. The third-order valence-corrected chi connectivity index (χ3v) is 5.10. The van der Waals surface area contributed by atoms with Gasteiger partial charge in [0, 0.05) is 28.1 Å². The van der Waals surface area contributed by atoms with Crippen LogP contribution in [0.2, 0.25) is 0 Å². The number of hydrogen-bond donors (Lipinski definition) is 0. The van der Waals surface area contributed by atoms with E-state index in [9.17, 15) is 18.4 Å². The first-order valence-corrected chi connectivity index (χ1v) is 8.97. The van der Waals surface area contributed by atoms with Crippen molar-refractivity contribution in [3.63, 3.8) is 0 Å². The minimum Gasteiger partial charge on any atom is -0.336 e. The summed E-state index contributed by atoms with van der Waals surface area (Å²) >= 11 is 0. The zero-order chi connectivity index (χ0) is 19.7. The molecule has 0 bridgehead atoms. The Morgan fingerprint density at radius 2 is 1.29 bits per heavy atom. The minimum absolute atomic E-state index is 0.000616. The molecule has 0 saturated carbocycles. The molecule has 0 spiro atoms. The van der Waals surface area contributed by atoms with Gasteiger partial charge < -0.3 is 4.90 Å².